The van der Waals surface area contributed by atoms with E-state index in [1.165, 1.54) is 0 Å². The second kappa shape index (κ2) is 6.13. The van der Waals surface area contributed by atoms with Crippen molar-refractivity contribution in [1.82, 2.24) is 5.32 Å². The topological polar surface area (TPSA) is 75.6 Å². The third-order valence-electron chi connectivity index (χ3n) is 3.15. The molecule has 2 N–H and O–H groups in total. The Kier molecular flexibility index (Phi) is 4.46. The molecule has 1 heterocycles. The minimum Gasteiger partial charge on any atom is -0.479 e. The number of rotatable bonds is 4. The molecule has 2 rings (SSSR count). The zero-order chi connectivity index (χ0) is 15.6. The number of carbonyl (C=O) groups excluding carboxylic acids is 1. The van der Waals surface area contributed by atoms with Gasteiger partial charge in [-0.3, -0.25) is 4.79 Å². The molecule has 0 radical (unpaired) electrons. The van der Waals surface area contributed by atoms with Crippen LogP contribution in [0, 0.1) is 17.5 Å². The van der Waals surface area contributed by atoms with Crippen LogP contribution >= 0.6 is 0 Å². The van der Waals surface area contributed by atoms with Crippen LogP contribution in [-0.4, -0.2) is 35.7 Å². The van der Waals surface area contributed by atoms with E-state index < -0.39 is 47.1 Å². The monoisotopic (exact) mass is 303 g/mol. The third-order valence-corrected chi connectivity index (χ3v) is 3.15. The fraction of sp³-hybridized carbons (Fsp3) is 0.385. The molecule has 2 unspecified atom stereocenters. The number of aliphatic carboxylic acids is 1. The molecule has 0 aliphatic carbocycles. The Hall–Kier alpha value is -2.09. The van der Waals surface area contributed by atoms with Crippen LogP contribution in [0.25, 0.3) is 0 Å². The van der Waals surface area contributed by atoms with Gasteiger partial charge in [0.25, 0.3) is 5.91 Å². The Bertz CT molecular complexity index is 579. The Morgan fingerprint density at radius 1 is 1.24 bits per heavy atom. The summed E-state index contributed by atoms with van der Waals surface area (Å²) in [5, 5.41) is 11.0. The van der Waals surface area contributed by atoms with Crippen LogP contribution < -0.4 is 5.32 Å². The molecule has 8 heteroatoms. The molecule has 1 aromatic carbocycles. The van der Waals surface area contributed by atoms with E-state index in [4.69, 9.17) is 9.84 Å². The van der Waals surface area contributed by atoms with Gasteiger partial charge < -0.3 is 15.2 Å². The normalized spacial score (nSPS) is 21.3. The van der Waals surface area contributed by atoms with Crippen LogP contribution in [0.1, 0.15) is 23.2 Å². The number of carbonyl (C=O) groups is 2. The first-order valence-electron chi connectivity index (χ1n) is 6.20. The van der Waals surface area contributed by atoms with E-state index in [1.54, 1.807) is 0 Å². The number of hydrogen-bond acceptors (Lipinski definition) is 3. The average Bonchev–Trinajstić information content (AvgIpc) is 2.91. The molecule has 114 valence electrons. The van der Waals surface area contributed by atoms with Crippen molar-refractivity contribution in [2.45, 2.75) is 25.0 Å². The minimum absolute atomic E-state index is 0.0406. The lowest BCUT2D eigenvalue weighted by molar-refractivity contribution is -0.149. The summed E-state index contributed by atoms with van der Waals surface area (Å²) in [5.74, 6) is -6.68. The molecule has 1 fully saturated rings. The number of carboxylic acids is 1. The lowest BCUT2D eigenvalue weighted by Gasteiger charge is -2.12. The van der Waals surface area contributed by atoms with Gasteiger partial charge in [0.2, 0.25) is 0 Å². The molecule has 21 heavy (non-hydrogen) atoms. The number of carboxylic acid groups (broad SMARTS) is 1. The highest BCUT2D eigenvalue weighted by molar-refractivity contribution is 5.94. The maximum atomic E-state index is 13.4. The predicted molar refractivity (Wildman–Crippen MR) is 64.2 cm³/mol. The molecule has 1 saturated heterocycles. The molecule has 1 aliphatic rings. The summed E-state index contributed by atoms with van der Waals surface area (Å²) in [6.07, 6.45) is -0.692. The zero-order valence-corrected chi connectivity index (χ0v) is 10.7. The van der Waals surface area contributed by atoms with Crippen LogP contribution in [-0.2, 0) is 9.53 Å². The highest BCUT2D eigenvalue weighted by atomic mass is 19.2. The van der Waals surface area contributed by atoms with E-state index in [0.717, 1.165) is 6.07 Å². The van der Waals surface area contributed by atoms with E-state index >= 15 is 0 Å². The largest absolute Gasteiger partial charge is 0.479 e. The number of ether oxygens (including phenoxy) is 1. The first kappa shape index (κ1) is 15.3. The standard InChI is InChI=1S/C13H12F3NO4/c14-8-3-2-7(10(15)11(8)16)12(18)17-5-6-1-4-9(21-6)13(19)20/h2-3,6,9H,1,4-5H2,(H,17,18)(H,19,20). The number of hydrogen-bond donors (Lipinski definition) is 2. The number of benzene rings is 1. The summed E-state index contributed by atoms with van der Waals surface area (Å²) in [4.78, 5) is 22.4. The quantitative estimate of drug-likeness (QED) is 0.826. The third kappa shape index (κ3) is 3.33. The first-order chi connectivity index (χ1) is 9.90. The van der Waals surface area contributed by atoms with Crippen LogP contribution in [0.5, 0.6) is 0 Å². The van der Waals surface area contributed by atoms with Crippen molar-refractivity contribution < 1.29 is 32.6 Å². The van der Waals surface area contributed by atoms with Crippen molar-refractivity contribution >= 4 is 11.9 Å². The molecule has 1 aromatic rings. The number of amides is 1. The minimum atomic E-state index is -1.72. The first-order valence-corrected chi connectivity index (χ1v) is 6.20. The van der Waals surface area contributed by atoms with E-state index in [1.807, 2.05) is 0 Å². The van der Waals surface area contributed by atoms with E-state index in [9.17, 15) is 22.8 Å². The van der Waals surface area contributed by atoms with Crippen molar-refractivity contribution in [3.05, 3.63) is 35.1 Å². The van der Waals surface area contributed by atoms with Gasteiger partial charge in [-0.1, -0.05) is 0 Å². The molecule has 1 aliphatic heterocycles. The van der Waals surface area contributed by atoms with Crippen LogP contribution in [0.15, 0.2) is 12.1 Å². The van der Waals surface area contributed by atoms with Gasteiger partial charge in [-0.15, -0.1) is 0 Å². The summed E-state index contributed by atoms with van der Waals surface area (Å²) in [6.45, 7) is -0.0406. The summed E-state index contributed by atoms with van der Waals surface area (Å²) >= 11 is 0. The summed E-state index contributed by atoms with van der Waals surface area (Å²) < 4.78 is 44.3. The predicted octanol–water partition coefficient (Wildman–Crippen LogP) is 1.47. The molecule has 1 amide bonds. The SMILES string of the molecule is O=C(NCC1CCC(C(=O)O)O1)c1ccc(F)c(F)c1F. The second-order valence-corrected chi connectivity index (χ2v) is 4.60. The summed E-state index contributed by atoms with van der Waals surface area (Å²) in [7, 11) is 0. The molecule has 5 nitrogen and oxygen atoms in total. The van der Waals surface area contributed by atoms with E-state index in [2.05, 4.69) is 5.32 Å². The van der Waals surface area contributed by atoms with Crippen molar-refractivity contribution in [3.8, 4) is 0 Å². The van der Waals surface area contributed by atoms with E-state index in [0.29, 0.717) is 18.9 Å². The van der Waals surface area contributed by atoms with Gasteiger partial charge in [0.15, 0.2) is 23.6 Å². The van der Waals surface area contributed by atoms with Gasteiger partial charge in [-0.05, 0) is 25.0 Å². The van der Waals surface area contributed by atoms with Gasteiger partial charge >= 0.3 is 5.97 Å². The maximum Gasteiger partial charge on any atom is 0.332 e. The Morgan fingerprint density at radius 2 is 1.95 bits per heavy atom. The van der Waals surface area contributed by atoms with Crippen molar-refractivity contribution in [1.29, 1.82) is 0 Å². The highest BCUT2D eigenvalue weighted by Gasteiger charge is 2.30. The summed E-state index contributed by atoms with van der Waals surface area (Å²) in [5.41, 5.74) is -0.623. The Morgan fingerprint density at radius 3 is 2.57 bits per heavy atom. The molecular weight excluding hydrogens is 291 g/mol. The molecule has 0 spiro atoms. The van der Waals surface area contributed by atoms with Gasteiger partial charge in [0.05, 0.1) is 11.7 Å². The Balaban J connectivity index is 1.94. The van der Waals surface area contributed by atoms with Gasteiger partial charge in [0, 0.05) is 6.54 Å². The van der Waals surface area contributed by atoms with Gasteiger partial charge in [-0.25, -0.2) is 18.0 Å². The lowest BCUT2D eigenvalue weighted by atomic mass is 10.1. The maximum absolute atomic E-state index is 13.4. The van der Waals surface area contributed by atoms with E-state index in [-0.39, 0.29) is 6.54 Å². The number of nitrogens with one attached hydrogen (secondary N) is 1. The number of halogens is 3. The molecule has 0 aromatic heterocycles. The lowest BCUT2D eigenvalue weighted by Crippen LogP contribution is -2.33. The zero-order valence-electron chi connectivity index (χ0n) is 10.7. The molecule has 2 atom stereocenters. The van der Waals surface area contributed by atoms with Crippen LogP contribution in [0.4, 0.5) is 13.2 Å². The molecule has 0 saturated carbocycles. The molecule has 0 bridgehead atoms. The van der Waals surface area contributed by atoms with Crippen molar-refractivity contribution in [3.63, 3.8) is 0 Å². The summed E-state index contributed by atoms with van der Waals surface area (Å²) in [6, 6.07) is 1.48. The smallest absolute Gasteiger partial charge is 0.332 e. The van der Waals surface area contributed by atoms with Crippen LogP contribution in [0.2, 0.25) is 0 Å². The van der Waals surface area contributed by atoms with Crippen molar-refractivity contribution in [2.75, 3.05) is 6.54 Å². The molecular formula is C13H12F3NO4. The fourth-order valence-corrected chi connectivity index (χ4v) is 2.04. The average molecular weight is 303 g/mol. The van der Waals surface area contributed by atoms with Gasteiger partial charge in [-0.2, -0.15) is 0 Å². The van der Waals surface area contributed by atoms with Crippen molar-refractivity contribution in [2.24, 2.45) is 0 Å². The highest BCUT2D eigenvalue weighted by Crippen LogP contribution is 2.20. The van der Waals surface area contributed by atoms with Crippen LogP contribution in [0.3, 0.4) is 0 Å². The second-order valence-electron chi connectivity index (χ2n) is 4.60. The van der Waals surface area contributed by atoms with Gasteiger partial charge in [0.1, 0.15) is 0 Å². The Labute approximate surface area is 117 Å². The fourth-order valence-electron chi connectivity index (χ4n) is 2.04.